The predicted octanol–water partition coefficient (Wildman–Crippen LogP) is 2.28. The van der Waals surface area contributed by atoms with Crippen LogP contribution in [0.3, 0.4) is 0 Å². The highest BCUT2D eigenvalue weighted by atomic mass is 16.3. The van der Waals surface area contributed by atoms with Crippen molar-refractivity contribution in [1.29, 1.82) is 0 Å². The van der Waals surface area contributed by atoms with Gasteiger partial charge in [-0.2, -0.15) is 0 Å². The summed E-state index contributed by atoms with van der Waals surface area (Å²) in [6, 6.07) is 4.70. The molecule has 1 aromatic rings. The number of rotatable bonds is 4. The van der Waals surface area contributed by atoms with Crippen molar-refractivity contribution in [3.05, 3.63) is 24.2 Å². The van der Waals surface area contributed by atoms with Crippen LogP contribution in [0.2, 0.25) is 0 Å². The van der Waals surface area contributed by atoms with Gasteiger partial charge in [0, 0.05) is 37.6 Å². The summed E-state index contributed by atoms with van der Waals surface area (Å²) >= 11 is 0. The van der Waals surface area contributed by atoms with E-state index in [-0.39, 0.29) is 5.54 Å². The largest absolute Gasteiger partial charge is 0.469 e. The lowest BCUT2D eigenvalue weighted by molar-refractivity contribution is 0.0925. The molecule has 1 fully saturated rings. The molecular weight excluding hydrogens is 212 g/mol. The second-order valence-electron chi connectivity index (χ2n) is 5.63. The van der Waals surface area contributed by atoms with Gasteiger partial charge >= 0.3 is 0 Å². The number of nitrogens with zero attached hydrogens (tertiary/aromatic N) is 1. The quantitative estimate of drug-likeness (QED) is 0.869. The summed E-state index contributed by atoms with van der Waals surface area (Å²) < 4.78 is 5.40. The van der Waals surface area contributed by atoms with Crippen molar-refractivity contribution in [2.24, 2.45) is 0 Å². The molecule has 0 bridgehead atoms. The van der Waals surface area contributed by atoms with Gasteiger partial charge in [-0.1, -0.05) is 6.92 Å². The van der Waals surface area contributed by atoms with Crippen LogP contribution in [0, 0.1) is 0 Å². The SMILES string of the molecule is CCC1CNC(C)(C)CN1CCc1ccco1. The minimum Gasteiger partial charge on any atom is -0.469 e. The summed E-state index contributed by atoms with van der Waals surface area (Å²) in [6.45, 7) is 10.1. The van der Waals surface area contributed by atoms with Crippen molar-refractivity contribution in [2.45, 2.75) is 45.2 Å². The third kappa shape index (κ3) is 3.33. The van der Waals surface area contributed by atoms with Crippen molar-refractivity contribution < 1.29 is 4.42 Å². The molecule has 0 aliphatic carbocycles. The second-order valence-corrected chi connectivity index (χ2v) is 5.63. The van der Waals surface area contributed by atoms with Gasteiger partial charge in [0.25, 0.3) is 0 Å². The Hall–Kier alpha value is -0.800. The summed E-state index contributed by atoms with van der Waals surface area (Å²) in [4.78, 5) is 2.60. The molecule has 1 aromatic heterocycles. The third-order valence-corrected chi connectivity index (χ3v) is 3.63. The first-order valence-corrected chi connectivity index (χ1v) is 6.62. The summed E-state index contributed by atoms with van der Waals surface area (Å²) in [5.74, 6) is 1.09. The van der Waals surface area contributed by atoms with Crippen molar-refractivity contribution in [2.75, 3.05) is 19.6 Å². The Kier molecular flexibility index (Phi) is 3.89. The Morgan fingerprint density at radius 2 is 2.35 bits per heavy atom. The van der Waals surface area contributed by atoms with Crippen LogP contribution in [-0.2, 0) is 6.42 Å². The Morgan fingerprint density at radius 1 is 1.53 bits per heavy atom. The molecule has 1 aliphatic rings. The van der Waals surface area contributed by atoms with Gasteiger partial charge in [0.1, 0.15) is 5.76 Å². The van der Waals surface area contributed by atoms with E-state index in [1.165, 1.54) is 6.42 Å². The average molecular weight is 236 g/mol. The molecule has 0 spiro atoms. The van der Waals surface area contributed by atoms with Crippen molar-refractivity contribution >= 4 is 0 Å². The first-order valence-electron chi connectivity index (χ1n) is 6.62. The van der Waals surface area contributed by atoms with Crippen LogP contribution >= 0.6 is 0 Å². The van der Waals surface area contributed by atoms with Crippen LogP contribution in [0.5, 0.6) is 0 Å². The maximum absolute atomic E-state index is 5.40. The van der Waals surface area contributed by atoms with E-state index >= 15 is 0 Å². The number of furan rings is 1. The lowest BCUT2D eigenvalue weighted by atomic mass is 9.97. The smallest absolute Gasteiger partial charge is 0.105 e. The monoisotopic (exact) mass is 236 g/mol. The molecule has 1 saturated heterocycles. The molecule has 0 aromatic carbocycles. The maximum atomic E-state index is 5.40. The molecule has 0 saturated carbocycles. The third-order valence-electron chi connectivity index (χ3n) is 3.63. The van der Waals surface area contributed by atoms with Crippen LogP contribution < -0.4 is 5.32 Å². The number of piperazine rings is 1. The zero-order valence-electron chi connectivity index (χ0n) is 11.2. The summed E-state index contributed by atoms with van der Waals surface area (Å²) in [5.41, 5.74) is 0.231. The zero-order valence-corrected chi connectivity index (χ0v) is 11.2. The molecule has 1 unspecified atom stereocenters. The lowest BCUT2D eigenvalue weighted by Gasteiger charge is -2.44. The lowest BCUT2D eigenvalue weighted by Crippen LogP contribution is -2.61. The average Bonchev–Trinajstić information content (AvgIpc) is 2.78. The van der Waals surface area contributed by atoms with E-state index in [1.807, 2.05) is 6.07 Å². The molecule has 2 heterocycles. The van der Waals surface area contributed by atoms with Gasteiger partial charge in [-0.15, -0.1) is 0 Å². The van der Waals surface area contributed by atoms with Gasteiger partial charge in [-0.05, 0) is 32.4 Å². The summed E-state index contributed by atoms with van der Waals surface area (Å²) in [6.07, 6.45) is 3.98. The Morgan fingerprint density at radius 3 is 3.00 bits per heavy atom. The molecule has 1 N–H and O–H groups in total. The van der Waals surface area contributed by atoms with E-state index in [4.69, 9.17) is 4.42 Å². The van der Waals surface area contributed by atoms with Crippen LogP contribution in [-0.4, -0.2) is 36.1 Å². The van der Waals surface area contributed by atoms with Crippen molar-refractivity contribution in [1.82, 2.24) is 10.2 Å². The Balaban J connectivity index is 1.91. The highest BCUT2D eigenvalue weighted by molar-refractivity contribution is 5.00. The van der Waals surface area contributed by atoms with Gasteiger partial charge in [0.05, 0.1) is 6.26 Å². The normalized spacial score (nSPS) is 25.0. The standard InChI is InChI=1S/C14H24N2O/c1-4-12-10-15-14(2,3)11-16(12)8-7-13-6-5-9-17-13/h5-6,9,12,15H,4,7-8,10-11H2,1-3H3. The number of hydrogen-bond donors (Lipinski definition) is 1. The zero-order chi connectivity index (χ0) is 12.3. The van der Waals surface area contributed by atoms with E-state index in [9.17, 15) is 0 Å². The molecule has 0 radical (unpaired) electrons. The van der Waals surface area contributed by atoms with Gasteiger partial charge in [0.2, 0.25) is 0 Å². The topological polar surface area (TPSA) is 28.4 Å². The van der Waals surface area contributed by atoms with Crippen molar-refractivity contribution in [3.8, 4) is 0 Å². The highest BCUT2D eigenvalue weighted by Gasteiger charge is 2.31. The minimum atomic E-state index is 0.231. The van der Waals surface area contributed by atoms with Gasteiger partial charge in [0.15, 0.2) is 0 Å². The van der Waals surface area contributed by atoms with Crippen LogP contribution in [0.1, 0.15) is 33.0 Å². The van der Waals surface area contributed by atoms with E-state index in [0.717, 1.165) is 31.8 Å². The van der Waals surface area contributed by atoms with E-state index in [0.29, 0.717) is 6.04 Å². The molecule has 2 rings (SSSR count). The van der Waals surface area contributed by atoms with Crippen LogP contribution in [0.4, 0.5) is 0 Å². The van der Waals surface area contributed by atoms with Crippen molar-refractivity contribution in [3.63, 3.8) is 0 Å². The summed E-state index contributed by atoms with van der Waals surface area (Å²) in [7, 11) is 0. The molecule has 17 heavy (non-hydrogen) atoms. The fraction of sp³-hybridized carbons (Fsp3) is 0.714. The predicted molar refractivity (Wildman–Crippen MR) is 70.1 cm³/mol. The Labute approximate surface area is 104 Å². The maximum Gasteiger partial charge on any atom is 0.105 e. The van der Waals surface area contributed by atoms with E-state index < -0.39 is 0 Å². The van der Waals surface area contributed by atoms with Crippen LogP contribution in [0.25, 0.3) is 0 Å². The number of nitrogens with one attached hydrogen (secondary N) is 1. The summed E-state index contributed by atoms with van der Waals surface area (Å²) in [5, 5.41) is 3.62. The van der Waals surface area contributed by atoms with E-state index in [1.54, 1.807) is 6.26 Å². The molecule has 1 atom stereocenters. The molecule has 96 valence electrons. The number of hydrogen-bond acceptors (Lipinski definition) is 3. The molecule has 1 aliphatic heterocycles. The van der Waals surface area contributed by atoms with Gasteiger partial charge < -0.3 is 9.73 Å². The molecular formula is C14H24N2O. The van der Waals surface area contributed by atoms with Crippen LogP contribution in [0.15, 0.2) is 22.8 Å². The molecule has 3 heteroatoms. The highest BCUT2D eigenvalue weighted by Crippen LogP contribution is 2.17. The first-order chi connectivity index (χ1) is 8.11. The molecule has 0 amide bonds. The minimum absolute atomic E-state index is 0.231. The van der Waals surface area contributed by atoms with E-state index in [2.05, 4.69) is 37.1 Å². The Bertz CT molecular complexity index is 332. The molecule has 3 nitrogen and oxygen atoms in total. The fourth-order valence-corrected chi connectivity index (χ4v) is 2.59. The van der Waals surface area contributed by atoms with Gasteiger partial charge in [-0.3, -0.25) is 4.90 Å². The second kappa shape index (κ2) is 5.23. The van der Waals surface area contributed by atoms with Gasteiger partial charge in [-0.25, -0.2) is 0 Å². The first kappa shape index (κ1) is 12.7. The fourth-order valence-electron chi connectivity index (χ4n) is 2.59.